The monoisotopic (exact) mass is 434 g/mol. The Kier molecular flexibility index (Phi) is 8.14. The molecule has 0 atom stereocenters. The van der Waals surface area contributed by atoms with Crippen molar-refractivity contribution in [3.8, 4) is 17.2 Å². The van der Waals surface area contributed by atoms with E-state index in [-0.39, 0.29) is 18.1 Å². The SMILES string of the molecule is COc1ccc(CCOS(=O)(=O)/C=C/c2ccc(OC(C)=O)c(OC(C)=O)c2)cc1. The zero-order chi connectivity index (χ0) is 22.1. The maximum atomic E-state index is 12.1. The van der Waals surface area contributed by atoms with Crippen molar-refractivity contribution in [3.05, 3.63) is 59.0 Å². The van der Waals surface area contributed by atoms with E-state index in [1.54, 1.807) is 19.2 Å². The number of carbonyl (C=O) groups excluding carboxylic acids is 2. The minimum atomic E-state index is -3.93. The highest BCUT2D eigenvalue weighted by molar-refractivity contribution is 7.89. The molecule has 9 heteroatoms. The number of benzene rings is 2. The first-order valence-electron chi connectivity index (χ1n) is 8.90. The van der Waals surface area contributed by atoms with Crippen LogP contribution >= 0.6 is 0 Å². The van der Waals surface area contributed by atoms with Gasteiger partial charge in [-0.2, -0.15) is 8.42 Å². The van der Waals surface area contributed by atoms with Gasteiger partial charge < -0.3 is 14.2 Å². The van der Waals surface area contributed by atoms with Crippen LogP contribution in [0.25, 0.3) is 6.08 Å². The summed E-state index contributed by atoms with van der Waals surface area (Å²) in [5, 5.41) is 0.902. The van der Waals surface area contributed by atoms with Gasteiger partial charge in [-0.1, -0.05) is 18.2 Å². The van der Waals surface area contributed by atoms with Crippen molar-refractivity contribution in [3.63, 3.8) is 0 Å². The molecule has 0 aromatic heterocycles. The highest BCUT2D eigenvalue weighted by Gasteiger charge is 2.12. The number of hydrogen-bond acceptors (Lipinski definition) is 8. The molecule has 0 aliphatic carbocycles. The topological polar surface area (TPSA) is 105 Å². The molecular weight excluding hydrogens is 412 g/mol. The summed E-state index contributed by atoms with van der Waals surface area (Å²) in [6, 6.07) is 11.5. The Morgan fingerprint density at radius 3 is 2.17 bits per heavy atom. The molecule has 0 unspecified atom stereocenters. The van der Waals surface area contributed by atoms with Gasteiger partial charge in [0.15, 0.2) is 11.5 Å². The first kappa shape index (κ1) is 23.1. The van der Waals surface area contributed by atoms with Crippen LogP contribution < -0.4 is 14.2 Å². The Labute approximate surface area is 175 Å². The van der Waals surface area contributed by atoms with Crippen LogP contribution in [0.4, 0.5) is 0 Å². The molecule has 0 spiro atoms. The van der Waals surface area contributed by atoms with Crippen molar-refractivity contribution >= 4 is 28.1 Å². The van der Waals surface area contributed by atoms with Gasteiger partial charge in [0, 0.05) is 13.8 Å². The first-order valence-corrected chi connectivity index (χ1v) is 10.4. The van der Waals surface area contributed by atoms with Gasteiger partial charge in [0.1, 0.15) is 5.75 Å². The van der Waals surface area contributed by atoms with E-state index < -0.39 is 22.1 Å². The van der Waals surface area contributed by atoms with Crippen molar-refractivity contribution in [1.82, 2.24) is 0 Å². The van der Waals surface area contributed by atoms with Crippen molar-refractivity contribution in [1.29, 1.82) is 0 Å². The van der Waals surface area contributed by atoms with E-state index in [1.807, 2.05) is 12.1 Å². The number of carbonyl (C=O) groups is 2. The van der Waals surface area contributed by atoms with Gasteiger partial charge in [-0.15, -0.1) is 0 Å². The molecule has 0 bridgehead atoms. The average molecular weight is 434 g/mol. The molecule has 2 aromatic carbocycles. The van der Waals surface area contributed by atoms with Gasteiger partial charge in [0.2, 0.25) is 0 Å². The third-order valence-corrected chi connectivity index (χ3v) is 4.66. The lowest BCUT2D eigenvalue weighted by atomic mass is 10.1. The third kappa shape index (κ3) is 7.69. The predicted molar refractivity (Wildman–Crippen MR) is 110 cm³/mol. The standard InChI is InChI=1S/C21H22O8S/c1-15(22)28-20-9-6-18(14-21(20)29-16(2)23)11-13-30(24,25)27-12-10-17-4-7-19(26-3)8-5-17/h4-9,11,13-14H,10,12H2,1-3H3/b13-11+. The van der Waals surface area contributed by atoms with E-state index in [9.17, 15) is 18.0 Å². The molecular formula is C21H22O8S. The number of ether oxygens (including phenoxy) is 3. The fraction of sp³-hybridized carbons (Fsp3) is 0.238. The molecule has 0 N–H and O–H groups in total. The molecule has 160 valence electrons. The normalized spacial score (nSPS) is 11.3. The minimum absolute atomic E-state index is 0.00216. The second-order valence-corrected chi connectivity index (χ2v) is 7.60. The summed E-state index contributed by atoms with van der Waals surface area (Å²) < 4.78 is 44.2. The molecule has 2 rings (SSSR count). The number of rotatable bonds is 9. The quantitative estimate of drug-likeness (QED) is 0.337. The van der Waals surface area contributed by atoms with Crippen molar-refractivity contribution in [2.75, 3.05) is 13.7 Å². The maximum absolute atomic E-state index is 12.1. The van der Waals surface area contributed by atoms with E-state index in [1.165, 1.54) is 38.1 Å². The summed E-state index contributed by atoms with van der Waals surface area (Å²) in [5.74, 6) is -0.437. The molecule has 8 nitrogen and oxygen atoms in total. The smallest absolute Gasteiger partial charge is 0.308 e. The predicted octanol–water partition coefficient (Wildman–Crippen LogP) is 3.11. The van der Waals surface area contributed by atoms with E-state index in [0.29, 0.717) is 17.7 Å². The minimum Gasteiger partial charge on any atom is -0.497 e. The van der Waals surface area contributed by atoms with Gasteiger partial charge in [-0.25, -0.2) is 0 Å². The van der Waals surface area contributed by atoms with Crippen molar-refractivity contribution < 1.29 is 36.4 Å². The summed E-state index contributed by atoms with van der Waals surface area (Å²) in [6.07, 6.45) is 1.69. The number of hydrogen-bond donors (Lipinski definition) is 0. The molecule has 0 radical (unpaired) electrons. The van der Waals surface area contributed by atoms with Crippen molar-refractivity contribution in [2.45, 2.75) is 20.3 Å². The van der Waals surface area contributed by atoms with Crippen LogP contribution in [0.3, 0.4) is 0 Å². The molecule has 0 saturated carbocycles. The Bertz CT molecular complexity index is 1020. The van der Waals surface area contributed by atoms with Gasteiger partial charge in [0.25, 0.3) is 10.1 Å². The lowest BCUT2D eigenvalue weighted by Gasteiger charge is -2.09. The molecule has 0 aliphatic rings. The first-order chi connectivity index (χ1) is 14.2. The van der Waals surface area contributed by atoms with E-state index >= 15 is 0 Å². The fourth-order valence-corrected chi connectivity index (χ4v) is 3.09. The summed E-state index contributed by atoms with van der Waals surface area (Å²) in [6.45, 7) is 2.38. The van der Waals surface area contributed by atoms with Crippen LogP contribution in [0.5, 0.6) is 17.2 Å². The third-order valence-electron chi connectivity index (χ3n) is 3.70. The largest absolute Gasteiger partial charge is 0.497 e. The van der Waals surface area contributed by atoms with E-state index in [2.05, 4.69) is 0 Å². The molecule has 30 heavy (non-hydrogen) atoms. The van der Waals surface area contributed by atoms with Crippen LogP contribution in [0.2, 0.25) is 0 Å². The average Bonchev–Trinajstić information content (AvgIpc) is 2.68. The Balaban J connectivity index is 2.03. The molecule has 0 fully saturated rings. The second kappa shape index (κ2) is 10.6. The Morgan fingerprint density at radius 1 is 0.933 bits per heavy atom. The van der Waals surface area contributed by atoms with Crippen LogP contribution in [0.15, 0.2) is 47.9 Å². The van der Waals surface area contributed by atoms with Crippen molar-refractivity contribution in [2.24, 2.45) is 0 Å². The van der Waals surface area contributed by atoms with Gasteiger partial charge in [-0.3, -0.25) is 13.8 Å². The number of methoxy groups -OCH3 is 1. The molecule has 0 heterocycles. The Morgan fingerprint density at radius 2 is 1.57 bits per heavy atom. The zero-order valence-electron chi connectivity index (χ0n) is 16.8. The fourth-order valence-electron chi connectivity index (χ4n) is 2.37. The summed E-state index contributed by atoms with van der Waals surface area (Å²) >= 11 is 0. The highest BCUT2D eigenvalue weighted by Crippen LogP contribution is 2.29. The second-order valence-electron chi connectivity index (χ2n) is 6.11. The van der Waals surface area contributed by atoms with Gasteiger partial charge in [-0.05, 0) is 47.9 Å². The number of esters is 2. The lowest BCUT2D eigenvalue weighted by Crippen LogP contribution is -2.07. The molecule has 0 amide bonds. The molecule has 2 aromatic rings. The summed E-state index contributed by atoms with van der Waals surface area (Å²) in [5.41, 5.74) is 1.31. The van der Waals surface area contributed by atoms with Crippen LogP contribution in [-0.4, -0.2) is 34.1 Å². The Hall–Kier alpha value is -3.17. The van der Waals surface area contributed by atoms with Gasteiger partial charge in [0.05, 0.1) is 19.1 Å². The highest BCUT2D eigenvalue weighted by atomic mass is 32.2. The molecule has 0 saturated heterocycles. The van der Waals surface area contributed by atoms with Crippen LogP contribution in [0, 0.1) is 0 Å². The summed E-state index contributed by atoms with van der Waals surface area (Å²) in [4.78, 5) is 22.4. The van der Waals surface area contributed by atoms with E-state index in [0.717, 1.165) is 11.0 Å². The van der Waals surface area contributed by atoms with Gasteiger partial charge >= 0.3 is 11.9 Å². The lowest BCUT2D eigenvalue weighted by molar-refractivity contribution is -0.134. The van der Waals surface area contributed by atoms with Crippen LogP contribution in [0.1, 0.15) is 25.0 Å². The maximum Gasteiger partial charge on any atom is 0.308 e. The molecule has 0 aliphatic heterocycles. The summed E-state index contributed by atoms with van der Waals surface area (Å²) in [7, 11) is -2.36. The van der Waals surface area contributed by atoms with E-state index in [4.69, 9.17) is 18.4 Å². The zero-order valence-corrected chi connectivity index (χ0v) is 17.6. The van der Waals surface area contributed by atoms with Crippen LogP contribution in [-0.2, 0) is 30.3 Å².